The van der Waals surface area contributed by atoms with Crippen molar-refractivity contribution >= 4 is 63.7 Å². The summed E-state index contributed by atoms with van der Waals surface area (Å²) in [4.78, 5) is 12.3. The van der Waals surface area contributed by atoms with Crippen molar-refractivity contribution < 1.29 is 14.3 Å². The minimum Gasteiger partial charge on any atom is -0.479 e. The average molecular weight is 496 g/mol. The van der Waals surface area contributed by atoms with Crippen LogP contribution >= 0.6 is 47.0 Å². The Hall–Kier alpha value is -2.51. The van der Waals surface area contributed by atoms with Crippen LogP contribution < -0.4 is 20.1 Å². The van der Waals surface area contributed by atoms with Gasteiger partial charge in [0.2, 0.25) is 0 Å². The van der Waals surface area contributed by atoms with Gasteiger partial charge >= 0.3 is 0 Å². The Morgan fingerprint density at radius 3 is 2.10 bits per heavy atom. The fraction of sp³-hybridized carbons (Fsp3) is 0.0909. The van der Waals surface area contributed by atoms with Gasteiger partial charge in [-0.2, -0.15) is 0 Å². The van der Waals surface area contributed by atoms with Crippen LogP contribution in [0.15, 0.2) is 66.7 Å². The molecule has 9 heteroatoms. The molecule has 0 radical (unpaired) electrons. The van der Waals surface area contributed by atoms with Crippen molar-refractivity contribution in [3.05, 3.63) is 81.8 Å². The number of hydrogen-bond acceptors (Lipinski definition) is 4. The molecule has 3 aromatic rings. The zero-order valence-electron chi connectivity index (χ0n) is 16.2. The maximum absolute atomic E-state index is 12.3. The van der Waals surface area contributed by atoms with Gasteiger partial charge in [0.05, 0.1) is 5.02 Å². The van der Waals surface area contributed by atoms with Crippen LogP contribution in [-0.4, -0.2) is 17.1 Å². The largest absolute Gasteiger partial charge is 0.479 e. The lowest BCUT2D eigenvalue weighted by Crippen LogP contribution is -2.42. The van der Waals surface area contributed by atoms with Gasteiger partial charge in [-0.25, -0.2) is 0 Å². The summed E-state index contributed by atoms with van der Waals surface area (Å²) >= 11 is 23.0. The van der Waals surface area contributed by atoms with Crippen molar-refractivity contribution in [1.29, 1.82) is 0 Å². The first-order valence-electron chi connectivity index (χ1n) is 9.07. The van der Waals surface area contributed by atoms with Crippen LogP contribution in [0.5, 0.6) is 17.2 Å². The number of amides is 1. The molecule has 0 aliphatic rings. The second-order valence-electron chi connectivity index (χ2n) is 6.36. The van der Waals surface area contributed by atoms with Gasteiger partial charge in [-0.05, 0) is 85.9 Å². The summed E-state index contributed by atoms with van der Waals surface area (Å²) in [6.45, 7) is 1.59. The van der Waals surface area contributed by atoms with E-state index in [1.807, 2.05) is 0 Å². The topological polar surface area (TPSA) is 59.6 Å². The van der Waals surface area contributed by atoms with Gasteiger partial charge in [-0.1, -0.05) is 34.8 Å². The number of ether oxygens (including phenoxy) is 2. The summed E-state index contributed by atoms with van der Waals surface area (Å²) in [5.74, 6) is 1.24. The lowest BCUT2D eigenvalue weighted by atomic mass is 10.3. The fourth-order valence-electron chi connectivity index (χ4n) is 2.44. The van der Waals surface area contributed by atoms with Crippen molar-refractivity contribution in [3.8, 4) is 17.2 Å². The Bertz CT molecular complexity index is 1080. The van der Waals surface area contributed by atoms with Crippen LogP contribution in [0.2, 0.25) is 15.1 Å². The number of halogens is 3. The highest BCUT2D eigenvalue weighted by molar-refractivity contribution is 7.80. The lowest BCUT2D eigenvalue weighted by Gasteiger charge is -2.16. The van der Waals surface area contributed by atoms with Gasteiger partial charge in [0, 0.05) is 15.7 Å². The summed E-state index contributed by atoms with van der Waals surface area (Å²) in [7, 11) is 0. The van der Waals surface area contributed by atoms with E-state index in [1.54, 1.807) is 67.6 Å². The number of benzene rings is 3. The molecule has 3 rings (SSSR count). The highest BCUT2D eigenvalue weighted by Crippen LogP contribution is 2.28. The van der Waals surface area contributed by atoms with Crippen LogP contribution in [-0.2, 0) is 4.79 Å². The number of hydrogen-bond donors (Lipinski definition) is 2. The summed E-state index contributed by atoms with van der Waals surface area (Å²) < 4.78 is 11.3. The second kappa shape index (κ2) is 10.7. The maximum atomic E-state index is 12.3. The highest BCUT2D eigenvalue weighted by atomic mass is 35.5. The molecule has 2 N–H and O–H groups in total. The van der Waals surface area contributed by atoms with Gasteiger partial charge < -0.3 is 14.8 Å². The van der Waals surface area contributed by atoms with Crippen LogP contribution in [0, 0.1) is 0 Å². The first kappa shape index (κ1) is 23.2. The molecule has 1 amide bonds. The Morgan fingerprint density at radius 2 is 1.48 bits per heavy atom. The van der Waals surface area contributed by atoms with E-state index in [9.17, 15) is 4.79 Å². The summed E-state index contributed by atoms with van der Waals surface area (Å²) in [6, 6.07) is 18.9. The van der Waals surface area contributed by atoms with Crippen molar-refractivity contribution in [2.45, 2.75) is 13.0 Å². The van der Waals surface area contributed by atoms with Crippen LogP contribution in [0.25, 0.3) is 0 Å². The molecule has 0 spiro atoms. The molecule has 1 atom stereocenters. The van der Waals surface area contributed by atoms with E-state index in [1.165, 1.54) is 6.07 Å². The van der Waals surface area contributed by atoms with Gasteiger partial charge in [-0.15, -0.1) is 0 Å². The first-order chi connectivity index (χ1) is 14.8. The average Bonchev–Trinajstić information content (AvgIpc) is 2.73. The van der Waals surface area contributed by atoms with Crippen molar-refractivity contribution in [3.63, 3.8) is 0 Å². The fourth-order valence-corrected chi connectivity index (χ4v) is 3.23. The van der Waals surface area contributed by atoms with Crippen molar-refractivity contribution in [2.75, 3.05) is 5.32 Å². The molecule has 0 saturated heterocycles. The molecule has 5 nitrogen and oxygen atoms in total. The monoisotopic (exact) mass is 494 g/mol. The minimum atomic E-state index is -0.825. The third-order valence-corrected chi connectivity index (χ3v) is 4.95. The predicted octanol–water partition coefficient (Wildman–Crippen LogP) is 6.72. The first-order valence-corrected chi connectivity index (χ1v) is 10.6. The standard InChI is InChI=1S/C22H17Cl3N2O3S/c1-13(29-20-11-4-15(24)12-19(20)25)21(28)27-22(31)26-16-5-9-18(10-6-16)30-17-7-2-14(23)3-8-17/h2-13H,1H3,(H2,26,27,28,31). The molecule has 0 aliphatic carbocycles. The van der Waals surface area contributed by atoms with Gasteiger partial charge in [-0.3, -0.25) is 10.1 Å². The minimum absolute atomic E-state index is 0.133. The normalized spacial score (nSPS) is 11.4. The summed E-state index contributed by atoms with van der Waals surface area (Å²) in [5, 5.41) is 7.08. The molecular weight excluding hydrogens is 479 g/mol. The molecule has 0 heterocycles. The summed E-state index contributed by atoms with van der Waals surface area (Å²) in [6.07, 6.45) is -0.825. The lowest BCUT2D eigenvalue weighted by molar-refractivity contribution is -0.125. The molecule has 0 saturated carbocycles. The number of anilines is 1. The van der Waals surface area contributed by atoms with Gasteiger partial charge in [0.15, 0.2) is 11.2 Å². The number of rotatable bonds is 6. The van der Waals surface area contributed by atoms with Crippen LogP contribution in [0.4, 0.5) is 5.69 Å². The van der Waals surface area contributed by atoms with E-state index in [0.717, 1.165) is 0 Å². The zero-order valence-corrected chi connectivity index (χ0v) is 19.3. The Morgan fingerprint density at radius 1 is 0.903 bits per heavy atom. The Kier molecular flexibility index (Phi) is 7.98. The van der Waals surface area contributed by atoms with E-state index in [-0.39, 0.29) is 5.11 Å². The molecule has 31 heavy (non-hydrogen) atoms. The van der Waals surface area contributed by atoms with Crippen LogP contribution in [0.1, 0.15) is 6.92 Å². The van der Waals surface area contributed by atoms with Crippen molar-refractivity contribution in [1.82, 2.24) is 5.32 Å². The molecule has 160 valence electrons. The van der Waals surface area contributed by atoms with E-state index in [0.29, 0.717) is 38.0 Å². The van der Waals surface area contributed by atoms with E-state index in [2.05, 4.69) is 10.6 Å². The maximum Gasteiger partial charge on any atom is 0.266 e. The second-order valence-corrected chi connectivity index (χ2v) is 8.05. The third-order valence-electron chi connectivity index (χ3n) is 3.97. The predicted molar refractivity (Wildman–Crippen MR) is 129 cm³/mol. The third kappa shape index (κ3) is 7.01. The van der Waals surface area contributed by atoms with Crippen molar-refractivity contribution in [2.24, 2.45) is 0 Å². The number of thiocarbonyl (C=S) groups is 1. The molecule has 0 bridgehead atoms. The molecule has 1 unspecified atom stereocenters. The smallest absolute Gasteiger partial charge is 0.266 e. The number of carbonyl (C=O) groups is 1. The van der Waals surface area contributed by atoms with E-state index < -0.39 is 12.0 Å². The molecule has 0 aromatic heterocycles. The molecule has 3 aromatic carbocycles. The van der Waals surface area contributed by atoms with Gasteiger partial charge in [0.25, 0.3) is 5.91 Å². The number of nitrogens with one attached hydrogen (secondary N) is 2. The number of carbonyl (C=O) groups excluding carboxylic acids is 1. The quantitative estimate of drug-likeness (QED) is 0.372. The SMILES string of the molecule is CC(Oc1ccc(Cl)cc1Cl)C(=O)NC(=S)Nc1ccc(Oc2ccc(Cl)cc2)cc1. The molecule has 0 fully saturated rings. The van der Waals surface area contributed by atoms with Crippen LogP contribution in [0.3, 0.4) is 0 Å². The summed E-state index contributed by atoms with van der Waals surface area (Å²) in [5.41, 5.74) is 0.683. The Labute approximate surface area is 200 Å². The zero-order chi connectivity index (χ0) is 22.4. The Balaban J connectivity index is 1.51. The molecular formula is C22H17Cl3N2O3S. The van der Waals surface area contributed by atoms with E-state index >= 15 is 0 Å². The highest BCUT2D eigenvalue weighted by Gasteiger charge is 2.17. The van der Waals surface area contributed by atoms with E-state index in [4.69, 9.17) is 56.5 Å². The molecule has 0 aliphatic heterocycles. The van der Waals surface area contributed by atoms with Gasteiger partial charge in [0.1, 0.15) is 17.2 Å².